The number of ether oxygens (including phenoxy) is 2. The number of carbonyl (C=O) groups excluding carboxylic acids is 1. The quantitative estimate of drug-likeness (QED) is 0.708. The number of amidine groups is 1. The van der Waals surface area contributed by atoms with Crippen molar-refractivity contribution >= 4 is 34.6 Å². The van der Waals surface area contributed by atoms with E-state index in [-0.39, 0.29) is 5.91 Å². The number of hydrogen-bond donors (Lipinski definition) is 0. The van der Waals surface area contributed by atoms with Gasteiger partial charge in [0.05, 0.1) is 10.6 Å². The maximum absolute atomic E-state index is 13.2. The van der Waals surface area contributed by atoms with E-state index in [0.29, 0.717) is 30.4 Å². The van der Waals surface area contributed by atoms with E-state index in [1.54, 1.807) is 4.90 Å². The van der Waals surface area contributed by atoms with E-state index in [1.807, 2.05) is 55.5 Å². The van der Waals surface area contributed by atoms with Gasteiger partial charge in [-0.15, -0.1) is 0 Å². The first kappa shape index (κ1) is 18.6. The Labute approximate surface area is 169 Å². The summed E-state index contributed by atoms with van der Waals surface area (Å²) >= 11 is 1.42. The molecule has 1 fully saturated rings. The molecule has 0 unspecified atom stereocenters. The SMILES string of the molecule is CCC/N=C1\S/C(=C\c2ccc3c(c2)OCCO3)C(=O)N1c1ccccc1C. The van der Waals surface area contributed by atoms with Crippen LogP contribution in [-0.2, 0) is 4.79 Å². The highest BCUT2D eigenvalue weighted by molar-refractivity contribution is 8.19. The molecule has 0 saturated carbocycles. The summed E-state index contributed by atoms with van der Waals surface area (Å²) in [6.07, 6.45) is 2.83. The number of nitrogens with zero attached hydrogens (tertiary/aromatic N) is 2. The van der Waals surface area contributed by atoms with Gasteiger partial charge in [0.15, 0.2) is 16.7 Å². The van der Waals surface area contributed by atoms with Crippen LogP contribution < -0.4 is 14.4 Å². The van der Waals surface area contributed by atoms with Crippen LogP contribution in [0.25, 0.3) is 6.08 Å². The summed E-state index contributed by atoms with van der Waals surface area (Å²) in [5.41, 5.74) is 2.82. The van der Waals surface area contributed by atoms with Crippen molar-refractivity contribution in [1.29, 1.82) is 0 Å². The Morgan fingerprint density at radius 1 is 1.14 bits per heavy atom. The van der Waals surface area contributed by atoms with Crippen LogP contribution in [-0.4, -0.2) is 30.8 Å². The van der Waals surface area contributed by atoms with E-state index >= 15 is 0 Å². The first-order valence-electron chi connectivity index (χ1n) is 9.41. The number of hydrogen-bond acceptors (Lipinski definition) is 5. The molecular weight excluding hydrogens is 372 g/mol. The van der Waals surface area contributed by atoms with Gasteiger partial charge in [-0.05, 0) is 60.5 Å². The zero-order valence-electron chi connectivity index (χ0n) is 16.0. The molecule has 0 bridgehead atoms. The van der Waals surface area contributed by atoms with Crippen LogP contribution in [0.4, 0.5) is 5.69 Å². The molecule has 5 nitrogen and oxygen atoms in total. The molecule has 0 radical (unpaired) electrons. The maximum Gasteiger partial charge on any atom is 0.271 e. The highest BCUT2D eigenvalue weighted by Gasteiger charge is 2.35. The zero-order valence-corrected chi connectivity index (χ0v) is 16.8. The highest BCUT2D eigenvalue weighted by atomic mass is 32.2. The summed E-state index contributed by atoms with van der Waals surface area (Å²) in [5.74, 6) is 1.40. The molecule has 2 aliphatic heterocycles. The number of thioether (sulfide) groups is 1. The Hall–Kier alpha value is -2.73. The summed E-state index contributed by atoms with van der Waals surface area (Å²) in [4.78, 5) is 20.2. The maximum atomic E-state index is 13.2. The van der Waals surface area contributed by atoms with Gasteiger partial charge in [-0.3, -0.25) is 14.7 Å². The lowest BCUT2D eigenvalue weighted by Crippen LogP contribution is -2.29. The lowest BCUT2D eigenvalue weighted by Gasteiger charge is -2.18. The average molecular weight is 394 g/mol. The lowest BCUT2D eigenvalue weighted by molar-refractivity contribution is -0.113. The number of fused-ring (bicyclic) bond motifs is 1. The average Bonchev–Trinajstić information content (AvgIpc) is 3.02. The van der Waals surface area contributed by atoms with Crippen molar-refractivity contribution in [2.24, 2.45) is 4.99 Å². The lowest BCUT2D eigenvalue weighted by atomic mass is 10.1. The smallest absolute Gasteiger partial charge is 0.271 e. The first-order chi connectivity index (χ1) is 13.7. The van der Waals surface area contributed by atoms with E-state index in [0.717, 1.165) is 34.2 Å². The second kappa shape index (κ2) is 8.10. The Morgan fingerprint density at radius 3 is 2.71 bits per heavy atom. The Morgan fingerprint density at radius 2 is 1.93 bits per heavy atom. The van der Waals surface area contributed by atoms with E-state index in [9.17, 15) is 4.79 Å². The van der Waals surface area contributed by atoms with Crippen molar-refractivity contribution in [1.82, 2.24) is 0 Å². The van der Waals surface area contributed by atoms with E-state index in [2.05, 4.69) is 11.9 Å². The molecule has 2 aromatic carbocycles. The van der Waals surface area contributed by atoms with Crippen LogP contribution in [0, 0.1) is 6.92 Å². The third-order valence-corrected chi connectivity index (χ3v) is 5.50. The predicted octanol–water partition coefficient (Wildman–Crippen LogP) is 4.65. The summed E-state index contributed by atoms with van der Waals surface area (Å²) in [6.45, 7) is 5.87. The largest absolute Gasteiger partial charge is 0.486 e. The number of rotatable bonds is 4. The molecule has 0 N–H and O–H groups in total. The second-order valence-corrected chi connectivity index (χ2v) is 7.61. The fourth-order valence-corrected chi connectivity index (χ4v) is 4.11. The standard InChI is InChI=1S/C22H22N2O3S/c1-3-10-23-22-24(17-7-5-4-6-15(17)2)21(25)20(28-22)14-16-8-9-18-19(13-16)27-12-11-26-18/h4-9,13-14H,3,10-12H2,1-2H3/b20-14-,23-22-. The van der Waals surface area contributed by atoms with Crippen LogP contribution >= 0.6 is 11.8 Å². The van der Waals surface area contributed by atoms with Gasteiger partial charge in [-0.2, -0.15) is 0 Å². The molecule has 1 amide bonds. The fourth-order valence-electron chi connectivity index (χ4n) is 3.11. The summed E-state index contributed by atoms with van der Waals surface area (Å²) in [6, 6.07) is 13.6. The Balaban J connectivity index is 1.70. The fraction of sp³-hybridized carbons (Fsp3) is 0.273. The number of carbonyl (C=O) groups is 1. The molecule has 1 saturated heterocycles. The predicted molar refractivity (Wildman–Crippen MR) is 114 cm³/mol. The van der Waals surface area contributed by atoms with Crippen molar-refractivity contribution in [3.05, 3.63) is 58.5 Å². The van der Waals surface area contributed by atoms with Crippen LogP contribution in [0.15, 0.2) is 52.4 Å². The van der Waals surface area contributed by atoms with Crippen LogP contribution in [0.5, 0.6) is 11.5 Å². The number of anilines is 1. The number of benzene rings is 2. The monoisotopic (exact) mass is 394 g/mol. The summed E-state index contributed by atoms with van der Waals surface area (Å²) < 4.78 is 11.2. The number of amides is 1. The van der Waals surface area contributed by atoms with Gasteiger partial charge >= 0.3 is 0 Å². The summed E-state index contributed by atoms with van der Waals surface area (Å²) in [7, 11) is 0. The molecule has 2 heterocycles. The van der Waals surface area contributed by atoms with Gasteiger partial charge < -0.3 is 9.47 Å². The molecule has 0 aliphatic carbocycles. The minimum Gasteiger partial charge on any atom is -0.486 e. The number of aryl methyl sites for hydroxylation is 1. The van der Waals surface area contributed by atoms with Gasteiger partial charge in [-0.25, -0.2) is 0 Å². The minimum atomic E-state index is -0.0518. The van der Waals surface area contributed by atoms with Gasteiger partial charge in [0.1, 0.15) is 13.2 Å². The molecule has 6 heteroatoms. The molecule has 0 atom stereocenters. The number of para-hydroxylation sites is 1. The van der Waals surface area contributed by atoms with E-state index < -0.39 is 0 Å². The minimum absolute atomic E-state index is 0.0518. The van der Waals surface area contributed by atoms with Gasteiger partial charge in [0.25, 0.3) is 5.91 Å². The van der Waals surface area contributed by atoms with Crippen LogP contribution in [0.3, 0.4) is 0 Å². The van der Waals surface area contributed by atoms with E-state index in [4.69, 9.17) is 9.47 Å². The van der Waals surface area contributed by atoms with Crippen molar-refractivity contribution in [3.63, 3.8) is 0 Å². The van der Waals surface area contributed by atoms with Crippen molar-refractivity contribution in [2.75, 3.05) is 24.7 Å². The third kappa shape index (κ3) is 3.64. The molecule has 2 aromatic rings. The molecule has 144 valence electrons. The Kier molecular flexibility index (Phi) is 5.39. The molecule has 0 spiro atoms. The van der Waals surface area contributed by atoms with Crippen LogP contribution in [0.1, 0.15) is 24.5 Å². The Bertz CT molecular complexity index is 968. The van der Waals surface area contributed by atoms with Gasteiger partial charge in [-0.1, -0.05) is 31.2 Å². The highest BCUT2D eigenvalue weighted by Crippen LogP contribution is 2.38. The molecule has 28 heavy (non-hydrogen) atoms. The third-order valence-electron chi connectivity index (χ3n) is 4.50. The summed E-state index contributed by atoms with van der Waals surface area (Å²) in [5, 5.41) is 0.727. The molecule has 4 rings (SSSR count). The van der Waals surface area contributed by atoms with Gasteiger partial charge in [0.2, 0.25) is 0 Å². The molecule has 2 aliphatic rings. The normalized spacial score (nSPS) is 18.9. The van der Waals surface area contributed by atoms with Crippen molar-refractivity contribution < 1.29 is 14.3 Å². The molecule has 0 aromatic heterocycles. The van der Waals surface area contributed by atoms with Gasteiger partial charge in [0, 0.05) is 6.54 Å². The zero-order chi connectivity index (χ0) is 19.5. The topological polar surface area (TPSA) is 51.1 Å². The van der Waals surface area contributed by atoms with Crippen molar-refractivity contribution in [3.8, 4) is 11.5 Å². The second-order valence-electron chi connectivity index (χ2n) is 6.61. The number of aliphatic imine (C=N–C) groups is 1. The van der Waals surface area contributed by atoms with Crippen LogP contribution in [0.2, 0.25) is 0 Å². The van der Waals surface area contributed by atoms with Crippen molar-refractivity contribution in [2.45, 2.75) is 20.3 Å². The van der Waals surface area contributed by atoms with E-state index in [1.165, 1.54) is 11.8 Å². The first-order valence-corrected chi connectivity index (χ1v) is 10.2. The molecular formula is C22H22N2O3S.